The Morgan fingerprint density at radius 3 is 2.50 bits per heavy atom. The highest BCUT2D eigenvalue weighted by Crippen LogP contribution is 2.28. The van der Waals surface area contributed by atoms with Gasteiger partial charge in [0.1, 0.15) is 0 Å². The highest BCUT2D eigenvalue weighted by atomic mass is 32.1. The lowest BCUT2D eigenvalue weighted by Gasteiger charge is -2.12. The zero-order chi connectivity index (χ0) is 13.3. The Morgan fingerprint density at radius 1 is 1.33 bits per heavy atom. The van der Waals surface area contributed by atoms with Gasteiger partial charge in [-0.15, -0.1) is 11.3 Å². The van der Waals surface area contributed by atoms with Crippen LogP contribution in [0.15, 0.2) is 6.20 Å². The van der Waals surface area contributed by atoms with Gasteiger partial charge in [-0.1, -0.05) is 13.8 Å². The minimum Gasteiger partial charge on any atom is -0.362 e. The van der Waals surface area contributed by atoms with Gasteiger partial charge in [0.15, 0.2) is 5.13 Å². The number of amides is 2. The largest absolute Gasteiger partial charge is 0.362 e. The summed E-state index contributed by atoms with van der Waals surface area (Å²) in [7, 11) is 0. The second-order valence-electron chi connectivity index (χ2n) is 4.50. The van der Waals surface area contributed by atoms with Crippen molar-refractivity contribution in [3.63, 3.8) is 0 Å². The molecule has 1 N–H and O–H groups in total. The van der Waals surface area contributed by atoms with E-state index in [4.69, 9.17) is 0 Å². The Morgan fingerprint density at radius 2 is 1.94 bits per heavy atom. The standard InChI is InChI=1S/C12H17N3O2S/c1-4-13-12-14-5-9(18-12)6-15-10(16)7(2)8(3)11(15)17/h5,7-8H,4,6H2,1-3H3,(H,13,14). The Balaban J connectivity index is 2.09. The van der Waals surface area contributed by atoms with Crippen molar-refractivity contribution in [2.45, 2.75) is 27.3 Å². The summed E-state index contributed by atoms with van der Waals surface area (Å²) in [6.45, 7) is 6.76. The topological polar surface area (TPSA) is 62.3 Å². The number of carbonyl (C=O) groups is 2. The Labute approximate surface area is 110 Å². The summed E-state index contributed by atoms with van der Waals surface area (Å²) in [5, 5.41) is 3.94. The van der Waals surface area contributed by atoms with Crippen LogP contribution in [0.5, 0.6) is 0 Å². The fourth-order valence-electron chi connectivity index (χ4n) is 1.95. The minimum absolute atomic E-state index is 0.0779. The second-order valence-corrected chi connectivity index (χ2v) is 5.62. The van der Waals surface area contributed by atoms with Crippen LogP contribution < -0.4 is 5.32 Å². The predicted molar refractivity (Wildman–Crippen MR) is 70.2 cm³/mol. The monoisotopic (exact) mass is 267 g/mol. The quantitative estimate of drug-likeness (QED) is 0.844. The summed E-state index contributed by atoms with van der Waals surface area (Å²) in [5.41, 5.74) is 0. The smallest absolute Gasteiger partial charge is 0.233 e. The van der Waals surface area contributed by atoms with Gasteiger partial charge >= 0.3 is 0 Å². The molecule has 1 aromatic heterocycles. The lowest BCUT2D eigenvalue weighted by atomic mass is 10.00. The van der Waals surface area contributed by atoms with Crippen molar-refractivity contribution in [2.24, 2.45) is 11.8 Å². The van der Waals surface area contributed by atoms with E-state index >= 15 is 0 Å². The average Bonchev–Trinajstić information content (AvgIpc) is 2.86. The van der Waals surface area contributed by atoms with E-state index in [1.165, 1.54) is 16.2 Å². The van der Waals surface area contributed by atoms with E-state index in [2.05, 4.69) is 10.3 Å². The van der Waals surface area contributed by atoms with Crippen molar-refractivity contribution in [3.05, 3.63) is 11.1 Å². The van der Waals surface area contributed by atoms with Crippen molar-refractivity contribution in [1.29, 1.82) is 0 Å². The van der Waals surface area contributed by atoms with E-state index < -0.39 is 0 Å². The summed E-state index contributed by atoms with van der Waals surface area (Å²) in [5.74, 6) is -0.575. The van der Waals surface area contributed by atoms with E-state index in [0.717, 1.165) is 16.6 Å². The first-order valence-electron chi connectivity index (χ1n) is 6.08. The van der Waals surface area contributed by atoms with Crippen LogP contribution in [-0.2, 0) is 16.1 Å². The molecule has 1 aliphatic heterocycles. The third kappa shape index (κ3) is 2.25. The van der Waals surface area contributed by atoms with Gasteiger partial charge in [-0.25, -0.2) is 4.98 Å². The number of likely N-dealkylation sites (tertiary alicyclic amines) is 1. The Kier molecular flexibility index (Phi) is 3.65. The van der Waals surface area contributed by atoms with Crippen LogP contribution in [0.4, 0.5) is 5.13 Å². The molecule has 2 atom stereocenters. The van der Waals surface area contributed by atoms with Gasteiger partial charge in [0, 0.05) is 29.5 Å². The van der Waals surface area contributed by atoms with Crippen LogP contribution in [0.3, 0.4) is 0 Å². The number of aromatic nitrogens is 1. The molecule has 1 aliphatic rings. The molecule has 0 saturated carbocycles. The second kappa shape index (κ2) is 5.06. The van der Waals surface area contributed by atoms with Gasteiger partial charge in [0.2, 0.25) is 11.8 Å². The molecule has 1 saturated heterocycles. The fraction of sp³-hybridized carbons (Fsp3) is 0.583. The molecule has 0 aliphatic carbocycles. The van der Waals surface area contributed by atoms with Crippen LogP contribution in [0, 0.1) is 11.8 Å². The molecule has 6 heteroatoms. The third-order valence-electron chi connectivity index (χ3n) is 3.26. The number of thiazole rings is 1. The van der Waals surface area contributed by atoms with E-state index in [9.17, 15) is 9.59 Å². The first kappa shape index (κ1) is 13.0. The zero-order valence-corrected chi connectivity index (χ0v) is 11.6. The lowest BCUT2D eigenvalue weighted by molar-refractivity contribution is -0.140. The molecule has 2 unspecified atom stereocenters. The van der Waals surface area contributed by atoms with Crippen LogP contribution in [0.2, 0.25) is 0 Å². The van der Waals surface area contributed by atoms with E-state index in [1.807, 2.05) is 20.8 Å². The van der Waals surface area contributed by atoms with Crippen LogP contribution in [-0.4, -0.2) is 28.2 Å². The number of imide groups is 1. The van der Waals surface area contributed by atoms with Gasteiger partial charge in [0.05, 0.1) is 6.54 Å². The maximum atomic E-state index is 11.9. The van der Waals surface area contributed by atoms with Crippen molar-refractivity contribution in [1.82, 2.24) is 9.88 Å². The first-order chi connectivity index (χ1) is 8.54. The van der Waals surface area contributed by atoms with E-state index in [0.29, 0.717) is 6.54 Å². The maximum Gasteiger partial charge on any atom is 0.233 e. The molecule has 0 bridgehead atoms. The molecule has 2 amide bonds. The number of hydrogen-bond donors (Lipinski definition) is 1. The summed E-state index contributed by atoms with van der Waals surface area (Å²) in [4.78, 5) is 30.3. The van der Waals surface area contributed by atoms with Crippen LogP contribution >= 0.6 is 11.3 Å². The summed E-state index contributed by atoms with van der Waals surface area (Å²) >= 11 is 1.48. The number of nitrogens with zero attached hydrogens (tertiary/aromatic N) is 2. The van der Waals surface area contributed by atoms with Gasteiger partial charge in [-0.2, -0.15) is 0 Å². The number of rotatable bonds is 4. The van der Waals surface area contributed by atoms with Crippen LogP contribution in [0.1, 0.15) is 25.6 Å². The molecule has 5 nitrogen and oxygen atoms in total. The molecule has 0 radical (unpaired) electrons. The molecular formula is C12H17N3O2S. The minimum atomic E-state index is -0.210. The van der Waals surface area contributed by atoms with E-state index in [-0.39, 0.29) is 23.7 Å². The molecule has 1 aromatic rings. The molecule has 18 heavy (non-hydrogen) atoms. The normalized spacial score (nSPS) is 23.8. The Hall–Kier alpha value is -1.43. The highest BCUT2D eigenvalue weighted by Gasteiger charge is 2.42. The molecular weight excluding hydrogens is 250 g/mol. The highest BCUT2D eigenvalue weighted by molar-refractivity contribution is 7.15. The van der Waals surface area contributed by atoms with Gasteiger partial charge in [-0.05, 0) is 6.92 Å². The summed E-state index contributed by atoms with van der Waals surface area (Å²) in [6, 6.07) is 0. The number of hydrogen-bond acceptors (Lipinski definition) is 5. The molecule has 2 heterocycles. The van der Waals surface area contributed by atoms with Crippen molar-refractivity contribution in [2.75, 3.05) is 11.9 Å². The molecule has 1 fully saturated rings. The molecule has 0 aromatic carbocycles. The first-order valence-corrected chi connectivity index (χ1v) is 6.90. The predicted octanol–water partition coefficient (Wildman–Crippen LogP) is 1.72. The summed E-state index contributed by atoms with van der Waals surface area (Å²) < 4.78 is 0. The van der Waals surface area contributed by atoms with Gasteiger partial charge < -0.3 is 5.32 Å². The zero-order valence-electron chi connectivity index (χ0n) is 10.8. The van der Waals surface area contributed by atoms with Crippen molar-refractivity contribution in [3.8, 4) is 0 Å². The van der Waals surface area contributed by atoms with Gasteiger partial charge in [-0.3, -0.25) is 14.5 Å². The molecule has 98 valence electrons. The van der Waals surface area contributed by atoms with Gasteiger partial charge in [0.25, 0.3) is 0 Å². The number of nitrogens with one attached hydrogen (secondary N) is 1. The number of carbonyl (C=O) groups excluding carboxylic acids is 2. The van der Waals surface area contributed by atoms with Crippen LogP contribution in [0.25, 0.3) is 0 Å². The van der Waals surface area contributed by atoms with Crippen molar-refractivity contribution < 1.29 is 9.59 Å². The van der Waals surface area contributed by atoms with E-state index in [1.54, 1.807) is 6.20 Å². The SMILES string of the molecule is CCNc1ncc(CN2C(=O)C(C)C(C)C2=O)s1. The third-order valence-corrected chi connectivity index (χ3v) is 4.20. The lowest BCUT2D eigenvalue weighted by Crippen LogP contribution is -2.29. The fourth-order valence-corrected chi connectivity index (χ4v) is 2.82. The van der Waals surface area contributed by atoms with Crippen molar-refractivity contribution >= 4 is 28.3 Å². The number of anilines is 1. The summed E-state index contributed by atoms with van der Waals surface area (Å²) in [6.07, 6.45) is 1.72. The molecule has 0 spiro atoms. The molecule has 2 rings (SSSR count). The maximum absolute atomic E-state index is 11.9. The average molecular weight is 267 g/mol. The Bertz CT molecular complexity index is 452.